The van der Waals surface area contributed by atoms with Crippen molar-refractivity contribution in [2.75, 3.05) is 13.2 Å². The first kappa shape index (κ1) is 16.8. The minimum Gasteiger partial charge on any atom is -0.484 e. The highest BCUT2D eigenvalue weighted by Crippen LogP contribution is 2.23. The number of hydrogen-bond acceptors (Lipinski definition) is 3. The van der Waals surface area contributed by atoms with E-state index >= 15 is 0 Å². The predicted octanol–water partition coefficient (Wildman–Crippen LogP) is 3.30. The number of rotatable bonds is 6. The molecule has 0 bridgehead atoms. The van der Waals surface area contributed by atoms with Gasteiger partial charge in [0.25, 0.3) is 5.91 Å². The summed E-state index contributed by atoms with van der Waals surface area (Å²) in [5.74, 6) is 0.684. The zero-order chi connectivity index (χ0) is 15.9. The second-order valence-electron chi connectivity index (χ2n) is 6.01. The SMILES string of the molecule is CCN(C(=O)COc1cccc(C(C)O)c1)C1CCCCC1. The standard InChI is InChI=1S/C18H27NO3/c1-3-19(16-9-5-4-6-10-16)18(21)13-22-17-11-7-8-15(12-17)14(2)20/h7-8,11-12,14,16,20H,3-6,9-10,13H2,1-2H3. The van der Waals surface area contributed by atoms with Crippen LogP contribution in [0.3, 0.4) is 0 Å². The first-order valence-electron chi connectivity index (χ1n) is 8.32. The molecule has 122 valence electrons. The molecule has 2 rings (SSSR count). The minimum absolute atomic E-state index is 0.0526. The van der Waals surface area contributed by atoms with Crippen molar-refractivity contribution in [1.29, 1.82) is 0 Å². The number of aliphatic hydroxyl groups is 1. The van der Waals surface area contributed by atoms with Gasteiger partial charge in [-0.1, -0.05) is 31.4 Å². The van der Waals surface area contributed by atoms with Gasteiger partial charge in [0.05, 0.1) is 6.10 Å². The van der Waals surface area contributed by atoms with Gasteiger partial charge in [0.2, 0.25) is 0 Å². The van der Waals surface area contributed by atoms with Crippen LogP contribution in [0.4, 0.5) is 0 Å². The molecule has 0 spiro atoms. The molecule has 1 amide bonds. The van der Waals surface area contributed by atoms with E-state index in [0.717, 1.165) is 24.9 Å². The third-order valence-corrected chi connectivity index (χ3v) is 4.38. The predicted molar refractivity (Wildman–Crippen MR) is 86.8 cm³/mol. The lowest BCUT2D eigenvalue weighted by Gasteiger charge is -2.33. The van der Waals surface area contributed by atoms with E-state index in [4.69, 9.17) is 4.74 Å². The van der Waals surface area contributed by atoms with E-state index in [1.807, 2.05) is 30.0 Å². The second-order valence-corrected chi connectivity index (χ2v) is 6.01. The van der Waals surface area contributed by atoms with Crippen molar-refractivity contribution in [1.82, 2.24) is 4.90 Å². The Kier molecular flexibility index (Phi) is 6.25. The lowest BCUT2D eigenvalue weighted by molar-refractivity contribution is -0.136. The van der Waals surface area contributed by atoms with E-state index < -0.39 is 6.10 Å². The Morgan fingerprint density at radius 2 is 2.09 bits per heavy atom. The molecule has 1 aromatic rings. The van der Waals surface area contributed by atoms with Crippen molar-refractivity contribution >= 4 is 5.91 Å². The van der Waals surface area contributed by atoms with Crippen molar-refractivity contribution in [3.8, 4) is 5.75 Å². The van der Waals surface area contributed by atoms with Crippen molar-refractivity contribution in [3.05, 3.63) is 29.8 Å². The molecule has 4 nitrogen and oxygen atoms in total. The lowest BCUT2D eigenvalue weighted by atomic mass is 9.94. The average Bonchev–Trinajstić information content (AvgIpc) is 2.55. The monoisotopic (exact) mass is 305 g/mol. The fourth-order valence-electron chi connectivity index (χ4n) is 3.12. The summed E-state index contributed by atoms with van der Waals surface area (Å²) in [6.45, 7) is 4.54. The Balaban J connectivity index is 1.91. The fourth-order valence-corrected chi connectivity index (χ4v) is 3.12. The number of likely N-dealkylation sites (N-methyl/N-ethyl adjacent to an activating group) is 1. The van der Waals surface area contributed by atoms with Crippen molar-refractivity contribution < 1.29 is 14.6 Å². The molecule has 0 saturated heterocycles. The van der Waals surface area contributed by atoms with Gasteiger partial charge >= 0.3 is 0 Å². The molecule has 0 aliphatic heterocycles. The van der Waals surface area contributed by atoms with E-state index in [0.29, 0.717) is 11.8 Å². The molecule has 0 radical (unpaired) electrons. The van der Waals surface area contributed by atoms with Gasteiger partial charge in [-0.2, -0.15) is 0 Å². The lowest BCUT2D eigenvalue weighted by Crippen LogP contribution is -2.43. The van der Waals surface area contributed by atoms with Gasteiger partial charge in [0, 0.05) is 12.6 Å². The van der Waals surface area contributed by atoms with Crippen LogP contribution in [0, 0.1) is 0 Å². The van der Waals surface area contributed by atoms with E-state index in [1.165, 1.54) is 19.3 Å². The molecule has 1 atom stereocenters. The van der Waals surface area contributed by atoms with Crippen LogP contribution < -0.4 is 4.74 Å². The normalized spacial score (nSPS) is 17.0. The molecule has 1 saturated carbocycles. The van der Waals surface area contributed by atoms with Crippen LogP contribution in [0.25, 0.3) is 0 Å². The van der Waals surface area contributed by atoms with Crippen LogP contribution in [-0.4, -0.2) is 35.1 Å². The van der Waals surface area contributed by atoms with Crippen LogP contribution in [0.5, 0.6) is 5.75 Å². The summed E-state index contributed by atoms with van der Waals surface area (Å²) in [6.07, 6.45) is 5.39. The second kappa shape index (κ2) is 8.18. The smallest absolute Gasteiger partial charge is 0.260 e. The highest BCUT2D eigenvalue weighted by Gasteiger charge is 2.24. The number of hydrogen-bond donors (Lipinski definition) is 1. The molecule has 22 heavy (non-hydrogen) atoms. The Morgan fingerprint density at radius 3 is 2.73 bits per heavy atom. The highest BCUT2D eigenvalue weighted by atomic mass is 16.5. The third-order valence-electron chi connectivity index (χ3n) is 4.38. The molecule has 1 aliphatic carbocycles. The number of aliphatic hydroxyl groups excluding tert-OH is 1. The van der Waals surface area contributed by atoms with Gasteiger partial charge in [-0.15, -0.1) is 0 Å². The zero-order valence-corrected chi connectivity index (χ0v) is 13.6. The van der Waals surface area contributed by atoms with E-state index in [9.17, 15) is 9.90 Å². The van der Waals surface area contributed by atoms with Crippen LogP contribution in [-0.2, 0) is 4.79 Å². The Morgan fingerprint density at radius 1 is 1.36 bits per heavy atom. The maximum Gasteiger partial charge on any atom is 0.260 e. The Hall–Kier alpha value is -1.55. The zero-order valence-electron chi connectivity index (χ0n) is 13.6. The number of nitrogens with zero attached hydrogens (tertiary/aromatic N) is 1. The maximum absolute atomic E-state index is 12.4. The summed E-state index contributed by atoms with van der Waals surface area (Å²) in [5.41, 5.74) is 0.796. The molecular formula is C18H27NO3. The summed E-state index contributed by atoms with van der Waals surface area (Å²) >= 11 is 0. The van der Waals surface area contributed by atoms with Crippen molar-refractivity contribution in [3.63, 3.8) is 0 Å². The first-order chi connectivity index (χ1) is 10.6. The minimum atomic E-state index is -0.534. The maximum atomic E-state index is 12.4. The van der Waals surface area contributed by atoms with Crippen LogP contribution in [0.2, 0.25) is 0 Å². The molecule has 0 aromatic heterocycles. The average molecular weight is 305 g/mol. The molecule has 1 N–H and O–H groups in total. The highest BCUT2D eigenvalue weighted by molar-refractivity contribution is 5.78. The van der Waals surface area contributed by atoms with Gasteiger partial charge < -0.3 is 14.7 Å². The Labute approximate surface area is 133 Å². The molecule has 0 heterocycles. The molecular weight excluding hydrogens is 278 g/mol. The topological polar surface area (TPSA) is 49.8 Å². The van der Waals surface area contributed by atoms with Crippen molar-refractivity contribution in [2.45, 2.75) is 58.1 Å². The van der Waals surface area contributed by atoms with Gasteiger partial charge in [-0.3, -0.25) is 4.79 Å². The van der Waals surface area contributed by atoms with E-state index in [1.54, 1.807) is 13.0 Å². The number of amides is 1. The van der Waals surface area contributed by atoms with E-state index in [-0.39, 0.29) is 12.5 Å². The fraction of sp³-hybridized carbons (Fsp3) is 0.611. The number of carbonyl (C=O) groups is 1. The number of ether oxygens (including phenoxy) is 1. The molecule has 4 heteroatoms. The largest absolute Gasteiger partial charge is 0.484 e. The summed E-state index contributed by atoms with van der Waals surface area (Å²) in [5, 5.41) is 9.59. The first-order valence-corrected chi connectivity index (χ1v) is 8.32. The Bertz CT molecular complexity index is 481. The quantitative estimate of drug-likeness (QED) is 0.877. The van der Waals surface area contributed by atoms with Crippen LogP contribution in [0.1, 0.15) is 57.6 Å². The summed E-state index contributed by atoms with van der Waals surface area (Å²) < 4.78 is 5.63. The van der Waals surface area contributed by atoms with E-state index in [2.05, 4.69) is 0 Å². The van der Waals surface area contributed by atoms with Gasteiger partial charge in [0.15, 0.2) is 6.61 Å². The number of benzene rings is 1. The molecule has 1 aliphatic rings. The number of carbonyl (C=O) groups excluding carboxylic acids is 1. The van der Waals surface area contributed by atoms with Gasteiger partial charge in [-0.25, -0.2) is 0 Å². The van der Waals surface area contributed by atoms with Crippen LogP contribution >= 0.6 is 0 Å². The summed E-state index contributed by atoms with van der Waals surface area (Å²) in [4.78, 5) is 14.4. The summed E-state index contributed by atoms with van der Waals surface area (Å²) in [6, 6.07) is 7.66. The summed E-state index contributed by atoms with van der Waals surface area (Å²) in [7, 11) is 0. The molecule has 1 unspecified atom stereocenters. The van der Waals surface area contributed by atoms with Gasteiger partial charge in [-0.05, 0) is 44.4 Å². The van der Waals surface area contributed by atoms with Gasteiger partial charge in [0.1, 0.15) is 5.75 Å². The van der Waals surface area contributed by atoms with Crippen molar-refractivity contribution in [2.24, 2.45) is 0 Å². The molecule has 1 aromatic carbocycles. The third kappa shape index (κ3) is 4.47. The molecule has 1 fully saturated rings. The van der Waals surface area contributed by atoms with Crippen LogP contribution in [0.15, 0.2) is 24.3 Å².